The topological polar surface area (TPSA) is 13.0 Å². The van der Waals surface area contributed by atoms with Crippen LogP contribution in [0, 0.1) is 47.3 Å². The first-order chi connectivity index (χ1) is 37.3. The van der Waals surface area contributed by atoms with Gasteiger partial charge in [-0.25, -0.2) is 0 Å². The molecule has 434 valence electrons. The fourth-order valence-electron chi connectivity index (χ4n) is 12.5. The van der Waals surface area contributed by atoms with E-state index in [0.717, 1.165) is 0 Å². The second-order valence-electron chi connectivity index (χ2n) is 24.5. The number of nitrogens with zero attached hydrogens (tertiary/aromatic N) is 4. The minimum absolute atomic E-state index is 0. The summed E-state index contributed by atoms with van der Waals surface area (Å²) in [7, 11) is 0. The van der Waals surface area contributed by atoms with Crippen molar-refractivity contribution in [2.75, 3.05) is 0 Å². The first-order valence-corrected chi connectivity index (χ1v) is 31.5. The summed E-state index contributed by atoms with van der Waals surface area (Å²) in [5, 5.41) is 0. The van der Waals surface area contributed by atoms with E-state index in [1.54, 1.807) is 0 Å². The molecule has 0 aromatic rings. The summed E-state index contributed by atoms with van der Waals surface area (Å²) in [6.07, 6.45) is 69.1. The van der Waals surface area contributed by atoms with E-state index in [-0.39, 0.29) is 65.4 Å². The number of rotatable bonds is 8. The van der Waals surface area contributed by atoms with Crippen molar-refractivity contribution in [1.82, 2.24) is 19.6 Å². The second kappa shape index (κ2) is 28.4. The van der Waals surface area contributed by atoms with E-state index in [9.17, 15) is 0 Å². The molecular weight excluding hydrogens is 1230 g/mol. The second-order valence-corrected chi connectivity index (χ2v) is 28.6. The Morgan fingerprint density at radius 2 is 0.346 bits per heavy atom. The van der Waals surface area contributed by atoms with Crippen molar-refractivity contribution < 1.29 is 21.1 Å². The minimum atomic E-state index is -0.188. The molecule has 0 spiro atoms. The summed E-state index contributed by atoms with van der Waals surface area (Å²) in [6, 6.07) is 0. The summed E-state index contributed by atoms with van der Waals surface area (Å²) >= 11 is 43.6. The molecule has 8 aliphatic rings. The van der Waals surface area contributed by atoms with Crippen molar-refractivity contribution in [2.24, 2.45) is 47.3 Å². The van der Waals surface area contributed by atoms with E-state index < -0.39 is 0 Å². The maximum Gasteiger partial charge on any atom is 4.00 e. The van der Waals surface area contributed by atoms with Gasteiger partial charge < -0.3 is 119 Å². The van der Waals surface area contributed by atoms with Gasteiger partial charge in [0.25, 0.3) is 0 Å². The summed E-state index contributed by atoms with van der Waals surface area (Å²) in [5.41, 5.74) is -1.51. The summed E-state index contributed by atoms with van der Waals surface area (Å²) in [4.78, 5) is 8.94. The van der Waals surface area contributed by atoms with Gasteiger partial charge in [-0.15, -0.1) is 0 Å². The fraction of sp³-hybridized carbons (Fsp3) is 0.471. The van der Waals surface area contributed by atoms with E-state index in [2.05, 4.69) is 325 Å². The van der Waals surface area contributed by atoms with Crippen molar-refractivity contribution in [3.63, 3.8) is 0 Å². The molecule has 8 aliphatic carbocycles. The number of hydrogen-bond acceptors (Lipinski definition) is 8. The zero-order chi connectivity index (χ0) is 59.9. The standard InChI is InChI=1S/4C17H23NS2.Mo/c4*1-13-9-5-7-11-16(13,3)18(15(19)20)17(4)12-8-6-10-14(17)2;/h4*5-14H,1-4H3,(H,19,20);/q;;;;+4/p-4. The SMILES string of the molecule is CC1C=CC=CC1(C)N(C(=S)[S-])C1(C)C=CC=CC1C.CC1C=CC=CC1(C)N(C(=S)[S-])C1(C)C=CC=CC1C.CC1C=CC=CC1(C)N(C(=S)[S-])C1(C)C=CC=CC1C.CC1C=CC=CC1(C)N(C(=S)[S-])C1(C)C=CC=CC1C.[Mo+4]. The van der Waals surface area contributed by atoms with Gasteiger partial charge >= 0.3 is 21.1 Å². The van der Waals surface area contributed by atoms with Crippen LogP contribution in [-0.2, 0) is 71.6 Å². The van der Waals surface area contributed by atoms with E-state index in [1.807, 2.05) is 0 Å². The van der Waals surface area contributed by atoms with Crippen LogP contribution in [0.1, 0.15) is 111 Å². The third kappa shape index (κ3) is 14.5. The molecule has 0 bridgehead atoms. The summed E-state index contributed by atoms with van der Waals surface area (Å²) in [5.74, 6) is 2.86. The molecule has 0 N–H and O–H groups in total. The quantitative estimate of drug-likeness (QED) is 0.131. The predicted molar refractivity (Wildman–Crippen MR) is 374 cm³/mol. The van der Waals surface area contributed by atoms with Crippen molar-refractivity contribution >= 4 is 117 Å². The molecule has 0 saturated carbocycles. The molecule has 4 nitrogen and oxygen atoms in total. The molecule has 0 saturated heterocycles. The van der Waals surface area contributed by atoms with Crippen molar-refractivity contribution in [3.8, 4) is 0 Å². The first kappa shape index (κ1) is 70.5. The maximum atomic E-state index is 5.45. The van der Waals surface area contributed by atoms with Crippen LogP contribution in [0.3, 0.4) is 0 Å². The molecule has 16 atom stereocenters. The molecule has 0 radical (unpaired) electrons. The molecule has 0 heterocycles. The molecule has 8 rings (SSSR count). The molecular formula is C68H88MoN4S8. The van der Waals surface area contributed by atoms with Gasteiger partial charge in [-0.3, -0.25) is 0 Å². The summed E-state index contributed by atoms with van der Waals surface area (Å²) < 4.78 is 2.14. The van der Waals surface area contributed by atoms with Gasteiger partial charge in [0, 0.05) is 47.3 Å². The Labute approximate surface area is 549 Å². The van der Waals surface area contributed by atoms with Crippen LogP contribution in [0.15, 0.2) is 194 Å². The monoisotopic (exact) mass is 1310 g/mol. The van der Waals surface area contributed by atoms with Gasteiger partial charge in [0.1, 0.15) is 0 Å². The van der Waals surface area contributed by atoms with Gasteiger partial charge in [-0.2, -0.15) is 0 Å². The van der Waals surface area contributed by atoms with Crippen LogP contribution in [0.25, 0.3) is 0 Å². The Balaban J connectivity index is 0.000000231. The smallest absolute Gasteiger partial charge is 0.411 e. The van der Waals surface area contributed by atoms with Gasteiger partial charge in [0.15, 0.2) is 0 Å². The Bertz CT molecular complexity index is 2290. The van der Waals surface area contributed by atoms with Crippen molar-refractivity contribution in [3.05, 3.63) is 194 Å². The average molecular weight is 1310 g/mol. The van der Waals surface area contributed by atoms with E-state index in [0.29, 0.717) is 64.6 Å². The minimum Gasteiger partial charge on any atom is -0.411 e. The molecule has 0 aromatic heterocycles. The van der Waals surface area contributed by atoms with Crippen molar-refractivity contribution in [1.29, 1.82) is 0 Å². The molecule has 0 amide bonds. The third-order valence-electron chi connectivity index (χ3n) is 19.5. The van der Waals surface area contributed by atoms with Gasteiger partial charge in [-0.1, -0.05) is 267 Å². The molecule has 0 aromatic carbocycles. The van der Waals surface area contributed by atoms with Crippen LogP contribution in [0.4, 0.5) is 0 Å². The molecule has 81 heavy (non-hydrogen) atoms. The predicted octanol–water partition coefficient (Wildman–Crippen LogP) is 16.6. The zero-order valence-electron chi connectivity index (χ0n) is 50.6. The van der Waals surface area contributed by atoms with E-state index in [1.165, 1.54) is 0 Å². The summed E-state index contributed by atoms with van der Waals surface area (Å²) in [6.45, 7) is 35.5. The van der Waals surface area contributed by atoms with Crippen LogP contribution < -0.4 is 0 Å². The van der Waals surface area contributed by atoms with Crippen LogP contribution >= 0.6 is 48.9 Å². The fourth-order valence-corrected chi connectivity index (χ4v) is 15.6. The molecule has 0 fully saturated rings. The van der Waals surface area contributed by atoms with E-state index in [4.69, 9.17) is 99.4 Å². The Morgan fingerprint density at radius 1 is 0.247 bits per heavy atom. The number of hydrogen-bond donors (Lipinski definition) is 0. The van der Waals surface area contributed by atoms with Crippen LogP contribution in [0.5, 0.6) is 0 Å². The van der Waals surface area contributed by atoms with Crippen LogP contribution in [-0.4, -0.2) is 81.2 Å². The largest absolute Gasteiger partial charge is 4.00 e. The molecule has 16 unspecified atom stereocenters. The van der Waals surface area contributed by atoms with E-state index >= 15 is 0 Å². The van der Waals surface area contributed by atoms with Gasteiger partial charge in [0.05, 0.1) is 44.3 Å². The number of thiocarbonyl (C=S) groups is 4. The molecule has 13 heteroatoms. The van der Waals surface area contributed by atoms with Gasteiger partial charge in [-0.05, 0) is 55.4 Å². The van der Waals surface area contributed by atoms with Crippen molar-refractivity contribution in [2.45, 2.75) is 155 Å². The van der Waals surface area contributed by atoms with Gasteiger partial charge in [0.2, 0.25) is 0 Å². The third-order valence-corrected chi connectivity index (χ3v) is 21.0. The number of allylic oxidation sites excluding steroid dienone is 16. The first-order valence-electron chi connectivity index (χ1n) is 28.2. The maximum absolute atomic E-state index is 5.45. The Morgan fingerprint density at radius 3 is 0.420 bits per heavy atom. The Kier molecular flexibility index (Phi) is 24.7. The Hall–Kier alpha value is -3.03. The average Bonchev–Trinajstić information content (AvgIpc) is 3.37. The normalized spacial score (nSPS) is 38.5. The molecule has 0 aliphatic heterocycles. The zero-order valence-corrected chi connectivity index (χ0v) is 59.1. The van der Waals surface area contributed by atoms with Crippen LogP contribution in [0.2, 0.25) is 0 Å².